The van der Waals surface area contributed by atoms with Crippen molar-refractivity contribution >= 4 is 44.2 Å². The lowest BCUT2D eigenvalue weighted by atomic mass is 10.1. The Bertz CT molecular complexity index is 980. The number of carbonyl (C=O) groups excluding carboxylic acids is 2. The smallest absolute Gasteiger partial charge is 0.228 e. The van der Waals surface area contributed by atoms with Gasteiger partial charge in [-0.2, -0.15) is 0 Å². The van der Waals surface area contributed by atoms with Gasteiger partial charge in [-0.25, -0.2) is 4.98 Å². The fraction of sp³-hybridized carbons (Fsp3) is 0.286. The SMILES string of the molecule is COc1ccc(NC(=O)CCc2ccc3nc(NC(=O)C(C)C)sc3c2)cc1. The molecule has 0 aliphatic carbocycles. The standard InChI is InChI=1S/C21H23N3O3S/c1-13(2)20(26)24-21-23-17-10-4-14(12-18(17)28-21)5-11-19(25)22-15-6-8-16(27-3)9-7-15/h4,6-10,12-13H,5,11H2,1-3H3,(H,22,25)(H,23,24,26). The van der Waals surface area contributed by atoms with Gasteiger partial charge < -0.3 is 15.4 Å². The molecule has 0 atom stereocenters. The van der Waals surface area contributed by atoms with E-state index in [0.717, 1.165) is 27.2 Å². The van der Waals surface area contributed by atoms with Crippen LogP contribution in [0.2, 0.25) is 0 Å². The van der Waals surface area contributed by atoms with Crippen LogP contribution in [0.5, 0.6) is 5.75 Å². The molecule has 0 spiro atoms. The molecule has 6 nitrogen and oxygen atoms in total. The molecule has 0 saturated heterocycles. The lowest BCUT2D eigenvalue weighted by Crippen LogP contribution is -2.17. The van der Waals surface area contributed by atoms with E-state index in [0.29, 0.717) is 18.0 Å². The molecule has 1 heterocycles. The number of aromatic nitrogens is 1. The molecular weight excluding hydrogens is 374 g/mol. The second-order valence-electron chi connectivity index (χ2n) is 6.74. The third-order valence-electron chi connectivity index (χ3n) is 4.22. The summed E-state index contributed by atoms with van der Waals surface area (Å²) in [4.78, 5) is 28.5. The van der Waals surface area contributed by atoms with E-state index in [2.05, 4.69) is 15.6 Å². The van der Waals surface area contributed by atoms with Gasteiger partial charge in [0, 0.05) is 18.0 Å². The Morgan fingerprint density at radius 2 is 1.86 bits per heavy atom. The third-order valence-corrected chi connectivity index (χ3v) is 5.16. The van der Waals surface area contributed by atoms with Crippen molar-refractivity contribution in [1.82, 2.24) is 4.98 Å². The number of rotatable bonds is 7. The predicted octanol–water partition coefficient (Wildman–Crippen LogP) is 4.47. The van der Waals surface area contributed by atoms with Crippen LogP contribution in [-0.2, 0) is 16.0 Å². The largest absolute Gasteiger partial charge is 0.497 e. The van der Waals surface area contributed by atoms with Gasteiger partial charge in [0.15, 0.2) is 5.13 Å². The number of fused-ring (bicyclic) bond motifs is 1. The van der Waals surface area contributed by atoms with E-state index >= 15 is 0 Å². The Hall–Kier alpha value is -2.93. The molecule has 0 radical (unpaired) electrons. The summed E-state index contributed by atoms with van der Waals surface area (Å²) >= 11 is 1.44. The van der Waals surface area contributed by atoms with Crippen LogP contribution in [0.1, 0.15) is 25.8 Å². The zero-order valence-corrected chi connectivity index (χ0v) is 16.9. The van der Waals surface area contributed by atoms with E-state index in [1.165, 1.54) is 11.3 Å². The van der Waals surface area contributed by atoms with Crippen molar-refractivity contribution in [3.8, 4) is 5.75 Å². The topological polar surface area (TPSA) is 80.3 Å². The zero-order chi connectivity index (χ0) is 20.1. The molecule has 1 aromatic heterocycles. The van der Waals surface area contributed by atoms with E-state index in [-0.39, 0.29) is 17.7 Å². The molecule has 0 aliphatic rings. The van der Waals surface area contributed by atoms with Crippen LogP contribution in [-0.4, -0.2) is 23.9 Å². The van der Waals surface area contributed by atoms with Crippen molar-refractivity contribution in [2.45, 2.75) is 26.7 Å². The minimum atomic E-state index is -0.0909. The van der Waals surface area contributed by atoms with Gasteiger partial charge in [-0.1, -0.05) is 31.3 Å². The van der Waals surface area contributed by atoms with Gasteiger partial charge in [0.2, 0.25) is 11.8 Å². The molecule has 3 rings (SSSR count). The van der Waals surface area contributed by atoms with E-state index in [9.17, 15) is 9.59 Å². The van der Waals surface area contributed by atoms with Crippen LogP contribution in [0.15, 0.2) is 42.5 Å². The van der Waals surface area contributed by atoms with Crippen LogP contribution < -0.4 is 15.4 Å². The van der Waals surface area contributed by atoms with Crippen molar-refractivity contribution < 1.29 is 14.3 Å². The van der Waals surface area contributed by atoms with Crippen LogP contribution in [0, 0.1) is 5.92 Å². The number of amides is 2. The summed E-state index contributed by atoms with van der Waals surface area (Å²) in [5.74, 6) is 0.570. The molecule has 0 aliphatic heterocycles. The molecule has 0 saturated carbocycles. The number of aryl methyl sites for hydroxylation is 1. The molecule has 2 amide bonds. The number of anilines is 2. The van der Waals surface area contributed by atoms with E-state index < -0.39 is 0 Å². The number of carbonyl (C=O) groups is 2. The first-order valence-electron chi connectivity index (χ1n) is 9.09. The van der Waals surface area contributed by atoms with E-state index in [1.807, 2.05) is 56.3 Å². The molecular formula is C21H23N3O3S. The minimum Gasteiger partial charge on any atom is -0.497 e. The summed E-state index contributed by atoms with van der Waals surface area (Å²) in [6.45, 7) is 3.69. The van der Waals surface area contributed by atoms with Crippen LogP contribution in [0.25, 0.3) is 10.2 Å². The van der Waals surface area contributed by atoms with Crippen LogP contribution in [0.4, 0.5) is 10.8 Å². The van der Waals surface area contributed by atoms with Crippen LogP contribution >= 0.6 is 11.3 Å². The van der Waals surface area contributed by atoms with Crippen molar-refractivity contribution in [2.75, 3.05) is 17.7 Å². The number of nitrogens with one attached hydrogen (secondary N) is 2. The molecule has 2 N–H and O–H groups in total. The fourth-order valence-electron chi connectivity index (χ4n) is 2.58. The number of ether oxygens (including phenoxy) is 1. The highest BCUT2D eigenvalue weighted by Gasteiger charge is 2.11. The van der Waals surface area contributed by atoms with E-state index in [1.54, 1.807) is 7.11 Å². The van der Waals surface area contributed by atoms with Gasteiger partial charge in [-0.05, 0) is 48.4 Å². The first-order valence-corrected chi connectivity index (χ1v) is 9.90. The number of thiazole rings is 1. The molecule has 28 heavy (non-hydrogen) atoms. The average Bonchev–Trinajstić information content (AvgIpc) is 3.08. The zero-order valence-electron chi connectivity index (χ0n) is 16.1. The molecule has 146 valence electrons. The first kappa shape index (κ1) is 19.8. The first-order chi connectivity index (χ1) is 13.4. The predicted molar refractivity (Wildman–Crippen MR) is 113 cm³/mol. The molecule has 0 fully saturated rings. The van der Waals surface area contributed by atoms with Crippen molar-refractivity contribution in [3.63, 3.8) is 0 Å². The Balaban J connectivity index is 1.59. The quantitative estimate of drug-likeness (QED) is 0.616. The van der Waals surface area contributed by atoms with Gasteiger partial charge >= 0.3 is 0 Å². The van der Waals surface area contributed by atoms with Gasteiger partial charge in [-0.15, -0.1) is 0 Å². The maximum Gasteiger partial charge on any atom is 0.228 e. The Labute approximate surface area is 167 Å². The maximum atomic E-state index is 12.2. The Kier molecular flexibility index (Phi) is 6.26. The second-order valence-corrected chi connectivity index (χ2v) is 7.77. The Morgan fingerprint density at radius 1 is 1.11 bits per heavy atom. The lowest BCUT2D eigenvalue weighted by molar-refractivity contribution is -0.119. The van der Waals surface area contributed by atoms with Crippen molar-refractivity contribution in [1.29, 1.82) is 0 Å². The van der Waals surface area contributed by atoms with Crippen molar-refractivity contribution in [3.05, 3.63) is 48.0 Å². The number of hydrogen-bond donors (Lipinski definition) is 2. The number of methoxy groups -OCH3 is 1. The normalized spacial score (nSPS) is 10.9. The average molecular weight is 398 g/mol. The number of benzene rings is 2. The van der Waals surface area contributed by atoms with Gasteiger partial charge in [0.05, 0.1) is 17.3 Å². The number of hydrogen-bond acceptors (Lipinski definition) is 5. The second kappa shape index (κ2) is 8.84. The summed E-state index contributed by atoms with van der Waals surface area (Å²) in [5.41, 5.74) is 2.65. The lowest BCUT2D eigenvalue weighted by Gasteiger charge is -2.06. The third kappa shape index (κ3) is 5.07. The summed E-state index contributed by atoms with van der Waals surface area (Å²) in [6.07, 6.45) is 1.01. The Morgan fingerprint density at radius 3 is 2.54 bits per heavy atom. The molecule has 0 unspecified atom stereocenters. The van der Waals surface area contributed by atoms with Crippen LogP contribution in [0.3, 0.4) is 0 Å². The molecule has 2 aromatic carbocycles. The van der Waals surface area contributed by atoms with Gasteiger partial charge in [0.1, 0.15) is 5.75 Å². The minimum absolute atomic E-state index is 0.0422. The highest BCUT2D eigenvalue weighted by atomic mass is 32.1. The molecule has 7 heteroatoms. The highest BCUT2D eigenvalue weighted by molar-refractivity contribution is 7.22. The summed E-state index contributed by atoms with van der Waals surface area (Å²) in [7, 11) is 1.61. The number of nitrogens with zero attached hydrogens (tertiary/aromatic N) is 1. The van der Waals surface area contributed by atoms with Gasteiger partial charge in [-0.3, -0.25) is 9.59 Å². The summed E-state index contributed by atoms with van der Waals surface area (Å²) < 4.78 is 6.10. The fourth-order valence-corrected chi connectivity index (χ4v) is 3.52. The summed E-state index contributed by atoms with van der Waals surface area (Å²) in [5, 5.41) is 6.32. The van der Waals surface area contributed by atoms with E-state index in [4.69, 9.17) is 4.74 Å². The van der Waals surface area contributed by atoms with Gasteiger partial charge in [0.25, 0.3) is 0 Å². The summed E-state index contributed by atoms with van der Waals surface area (Å²) in [6, 6.07) is 13.2. The maximum absolute atomic E-state index is 12.2. The molecule has 0 bridgehead atoms. The van der Waals surface area contributed by atoms with Crippen molar-refractivity contribution in [2.24, 2.45) is 5.92 Å². The monoisotopic (exact) mass is 397 g/mol. The molecule has 3 aromatic rings. The highest BCUT2D eigenvalue weighted by Crippen LogP contribution is 2.27.